The van der Waals surface area contributed by atoms with Crippen LogP contribution in [0.4, 0.5) is 0 Å². The molecular weight excluding hydrogens is 288 g/mol. The summed E-state index contributed by atoms with van der Waals surface area (Å²) in [5.41, 5.74) is -0.254. The van der Waals surface area contributed by atoms with Crippen molar-refractivity contribution in [2.45, 2.75) is 39.8 Å². The number of rotatable bonds is 8. The summed E-state index contributed by atoms with van der Waals surface area (Å²) in [6, 6.07) is 0. The fourth-order valence-electron chi connectivity index (χ4n) is 3.08. The SMILES string of the molecule is CC[N+](CC)(CC)C1CC(=O)N1/C(C(=O)OC)=C(/[O-])CCO. The molecule has 1 aliphatic heterocycles. The third-order valence-corrected chi connectivity index (χ3v) is 4.67. The molecule has 0 aromatic rings. The molecule has 0 aromatic carbocycles. The molecule has 0 spiro atoms. The maximum atomic E-state index is 12.2. The number of likely N-dealkylation sites (tertiary alicyclic amines) is 1. The lowest BCUT2D eigenvalue weighted by Gasteiger charge is -2.53. The van der Waals surface area contributed by atoms with Crippen LogP contribution in [-0.2, 0) is 14.3 Å². The van der Waals surface area contributed by atoms with Crippen molar-refractivity contribution >= 4 is 11.9 Å². The Kier molecular flexibility index (Phi) is 6.37. The van der Waals surface area contributed by atoms with Gasteiger partial charge < -0.3 is 19.4 Å². The van der Waals surface area contributed by atoms with Gasteiger partial charge in [0.15, 0.2) is 6.17 Å². The Morgan fingerprint density at radius 3 is 2.27 bits per heavy atom. The molecular formula is C15H26N2O5. The van der Waals surface area contributed by atoms with Crippen molar-refractivity contribution in [3.05, 3.63) is 11.5 Å². The number of hydrogen-bond acceptors (Lipinski definition) is 5. The van der Waals surface area contributed by atoms with Gasteiger partial charge in [0.2, 0.25) is 5.91 Å². The number of methoxy groups -OCH3 is 1. The normalized spacial score (nSPS) is 19.6. The molecule has 0 saturated carbocycles. The van der Waals surface area contributed by atoms with Gasteiger partial charge in [0.1, 0.15) is 12.1 Å². The molecule has 1 rings (SSSR count). The van der Waals surface area contributed by atoms with Gasteiger partial charge in [-0.15, -0.1) is 0 Å². The molecule has 1 aliphatic rings. The fraction of sp³-hybridized carbons (Fsp3) is 0.733. The Morgan fingerprint density at radius 1 is 1.36 bits per heavy atom. The minimum absolute atomic E-state index is 0.203. The Bertz CT molecular complexity index is 449. The number of quaternary nitrogens is 1. The van der Waals surface area contributed by atoms with Crippen LogP contribution in [0.15, 0.2) is 11.5 Å². The van der Waals surface area contributed by atoms with Crippen LogP contribution >= 0.6 is 0 Å². The molecule has 1 fully saturated rings. The number of aliphatic hydroxyl groups excluding tert-OH is 1. The van der Waals surface area contributed by atoms with Gasteiger partial charge in [-0.2, -0.15) is 0 Å². The molecule has 1 N–H and O–H groups in total. The Balaban J connectivity index is 3.25. The average molecular weight is 314 g/mol. The van der Waals surface area contributed by atoms with E-state index in [4.69, 9.17) is 5.11 Å². The van der Waals surface area contributed by atoms with Gasteiger partial charge in [0.25, 0.3) is 0 Å². The van der Waals surface area contributed by atoms with Crippen LogP contribution in [0.25, 0.3) is 0 Å². The smallest absolute Gasteiger partial charge is 0.353 e. The summed E-state index contributed by atoms with van der Waals surface area (Å²) in [6.45, 7) is 8.10. The van der Waals surface area contributed by atoms with Gasteiger partial charge in [-0.1, -0.05) is 5.76 Å². The second-order valence-electron chi connectivity index (χ2n) is 5.35. The van der Waals surface area contributed by atoms with Crippen LogP contribution < -0.4 is 5.11 Å². The zero-order valence-corrected chi connectivity index (χ0v) is 13.8. The van der Waals surface area contributed by atoms with Crippen molar-refractivity contribution in [1.29, 1.82) is 0 Å². The lowest BCUT2D eigenvalue weighted by Crippen LogP contribution is -2.70. The largest absolute Gasteiger partial charge is 0.874 e. The van der Waals surface area contributed by atoms with Crippen molar-refractivity contribution in [3.63, 3.8) is 0 Å². The summed E-state index contributed by atoms with van der Waals surface area (Å²) in [6.07, 6.45) is -0.127. The molecule has 0 aromatic heterocycles. The number of β-lactam (4-membered cyclic amide) rings is 1. The molecule has 0 radical (unpaired) electrons. The molecule has 22 heavy (non-hydrogen) atoms. The van der Waals surface area contributed by atoms with Gasteiger partial charge in [0.05, 0.1) is 26.7 Å². The lowest BCUT2D eigenvalue weighted by molar-refractivity contribution is -0.958. The Morgan fingerprint density at radius 2 is 1.91 bits per heavy atom. The molecule has 7 heteroatoms. The highest BCUT2D eigenvalue weighted by Gasteiger charge is 2.51. The fourth-order valence-corrected chi connectivity index (χ4v) is 3.08. The van der Waals surface area contributed by atoms with Crippen molar-refractivity contribution in [2.75, 3.05) is 33.4 Å². The van der Waals surface area contributed by atoms with Crippen molar-refractivity contribution in [3.8, 4) is 0 Å². The maximum absolute atomic E-state index is 12.2. The minimum Gasteiger partial charge on any atom is -0.874 e. The first kappa shape index (κ1) is 18.4. The van der Waals surface area contributed by atoms with E-state index in [2.05, 4.69) is 4.74 Å². The van der Waals surface area contributed by atoms with E-state index in [-0.39, 0.29) is 30.8 Å². The number of carbonyl (C=O) groups excluding carboxylic acids is 2. The maximum Gasteiger partial charge on any atom is 0.353 e. The van der Waals surface area contributed by atoms with Crippen molar-refractivity contribution in [1.82, 2.24) is 4.90 Å². The summed E-state index contributed by atoms with van der Waals surface area (Å²) in [5, 5.41) is 21.1. The Labute approximate surface area is 131 Å². The number of ether oxygens (including phenoxy) is 1. The average Bonchev–Trinajstić information content (AvgIpc) is 2.53. The monoisotopic (exact) mass is 314 g/mol. The van der Waals surface area contributed by atoms with E-state index < -0.39 is 11.7 Å². The predicted molar refractivity (Wildman–Crippen MR) is 77.9 cm³/mol. The number of amides is 1. The van der Waals surface area contributed by atoms with Gasteiger partial charge in [-0.05, 0) is 27.2 Å². The summed E-state index contributed by atoms with van der Waals surface area (Å²) in [4.78, 5) is 25.3. The van der Waals surface area contributed by atoms with E-state index >= 15 is 0 Å². The zero-order chi connectivity index (χ0) is 16.9. The molecule has 7 nitrogen and oxygen atoms in total. The third kappa shape index (κ3) is 3.10. The number of aliphatic hydroxyl groups is 1. The van der Waals surface area contributed by atoms with Crippen LogP contribution in [0.3, 0.4) is 0 Å². The summed E-state index contributed by atoms with van der Waals surface area (Å²) >= 11 is 0. The summed E-state index contributed by atoms with van der Waals surface area (Å²) in [5.74, 6) is -1.64. The second kappa shape index (κ2) is 7.60. The van der Waals surface area contributed by atoms with Gasteiger partial charge in [-0.3, -0.25) is 9.69 Å². The van der Waals surface area contributed by atoms with Crippen LogP contribution in [0.1, 0.15) is 33.6 Å². The van der Waals surface area contributed by atoms with E-state index in [9.17, 15) is 14.7 Å². The number of nitrogens with zero attached hydrogens (tertiary/aromatic N) is 2. The van der Waals surface area contributed by atoms with Crippen LogP contribution in [0.2, 0.25) is 0 Å². The highest BCUT2D eigenvalue weighted by atomic mass is 16.5. The topological polar surface area (TPSA) is 89.9 Å². The van der Waals surface area contributed by atoms with Gasteiger partial charge >= 0.3 is 5.97 Å². The first-order valence-corrected chi connectivity index (χ1v) is 7.69. The highest BCUT2D eigenvalue weighted by Crippen LogP contribution is 2.34. The third-order valence-electron chi connectivity index (χ3n) is 4.67. The van der Waals surface area contributed by atoms with Crippen LogP contribution in [0.5, 0.6) is 0 Å². The first-order chi connectivity index (χ1) is 10.4. The van der Waals surface area contributed by atoms with E-state index in [0.29, 0.717) is 10.9 Å². The number of esters is 1. The van der Waals surface area contributed by atoms with E-state index in [0.717, 1.165) is 19.6 Å². The van der Waals surface area contributed by atoms with Gasteiger partial charge in [0, 0.05) is 6.61 Å². The highest BCUT2D eigenvalue weighted by molar-refractivity contribution is 5.97. The lowest BCUT2D eigenvalue weighted by atomic mass is 10.0. The van der Waals surface area contributed by atoms with Crippen LogP contribution in [0, 0.1) is 0 Å². The molecule has 0 aliphatic carbocycles. The zero-order valence-electron chi connectivity index (χ0n) is 13.8. The molecule has 0 bridgehead atoms. The molecule has 1 amide bonds. The standard InChI is InChI=1S/C15H26N2O5/c1-5-17(6-2,7-3)12-10-13(20)16(12)14(15(21)22-4)11(19)8-9-18/h12,18H,5-10H2,1-4H3. The Hall–Kier alpha value is -1.60. The molecule has 126 valence electrons. The molecule has 1 atom stereocenters. The predicted octanol–water partition coefficient (Wildman–Crippen LogP) is -0.451. The van der Waals surface area contributed by atoms with E-state index in [1.54, 1.807) is 0 Å². The minimum atomic E-state index is -0.821. The second-order valence-corrected chi connectivity index (χ2v) is 5.35. The summed E-state index contributed by atoms with van der Waals surface area (Å²) < 4.78 is 5.29. The first-order valence-electron chi connectivity index (χ1n) is 7.69. The molecule has 1 unspecified atom stereocenters. The molecule has 1 heterocycles. The van der Waals surface area contributed by atoms with Crippen LogP contribution in [-0.4, -0.2) is 65.9 Å². The number of hydrogen-bond donors (Lipinski definition) is 1. The summed E-state index contributed by atoms with van der Waals surface area (Å²) in [7, 11) is 1.18. The quantitative estimate of drug-likeness (QED) is 0.215. The van der Waals surface area contributed by atoms with E-state index in [1.807, 2.05) is 20.8 Å². The van der Waals surface area contributed by atoms with Crippen molar-refractivity contribution in [2.24, 2.45) is 0 Å². The number of carbonyl (C=O) groups is 2. The van der Waals surface area contributed by atoms with Crippen molar-refractivity contribution < 1.29 is 29.0 Å². The van der Waals surface area contributed by atoms with E-state index in [1.165, 1.54) is 12.0 Å². The van der Waals surface area contributed by atoms with Gasteiger partial charge in [-0.25, -0.2) is 4.79 Å². The molecule has 1 saturated heterocycles.